The molecule has 1 saturated carbocycles. The molecular formula is C27H32F2N2O3. The molecule has 1 N–H and O–H groups in total. The Balaban J connectivity index is 1.29. The first-order valence-electron chi connectivity index (χ1n) is 12.3. The Morgan fingerprint density at radius 3 is 2.50 bits per heavy atom. The van der Waals surface area contributed by atoms with Gasteiger partial charge in [0.25, 0.3) is 5.91 Å². The zero-order valence-corrected chi connectivity index (χ0v) is 19.7. The van der Waals surface area contributed by atoms with Crippen LogP contribution < -0.4 is 10.1 Å². The third-order valence-corrected chi connectivity index (χ3v) is 7.73. The Labute approximate surface area is 199 Å². The molecular weight excluding hydrogens is 438 g/mol. The van der Waals surface area contributed by atoms with Crippen molar-refractivity contribution in [2.24, 2.45) is 0 Å². The van der Waals surface area contributed by atoms with Gasteiger partial charge in [-0.2, -0.15) is 0 Å². The molecule has 0 radical (unpaired) electrons. The number of hydrogen-bond donors (Lipinski definition) is 1. The van der Waals surface area contributed by atoms with Crippen LogP contribution in [-0.2, 0) is 11.2 Å². The Bertz CT molecular complexity index is 1040. The number of likely N-dealkylation sites (tertiary alicyclic amines) is 1. The first kappa shape index (κ1) is 23.2. The van der Waals surface area contributed by atoms with E-state index in [0.717, 1.165) is 56.1 Å². The summed E-state index contributed by atoms with van der Waals surface area (Å²) < 4.78 is 40.8. The molecule has 5 rings (SSSR count). The topological polar surface area (TPSA) is 50.8 Å². The SMILES string of the molecule is COCCNC(=O)c1c(F)cc(-c2ccc3c(c2)CCC2(CCN(C4CCC4)CC2)O3)cc1F. The summed E-state index contributed by atoms with van der Waals surface area (Å²) in [5, 5.41) is 2.46. The Kier molecular flexibility index (Phi) is 6.58. The number of amides is 1. The normalized spacial score (nSPS) is 19.9. The number of hydrogen-bond acceptors (Lipinski definition) is 4. The highest BCUT2D eigenvalue weighted by Crippen LogP contribution is 2.42. The van der Waals surface area contributed by atoms with E-state index in [1.54, 1.807) is 0 Å². The van der Waals surface area contributed by atoms with Gasteiger partial charge in [0, 0.05) is 32.8 Å². The predicted molar refractivity (Wildman–Crippen MR) is 126 cm³/mol. The van der Waals surface area contributed by atoms with Gasteiger partial charge in [-0.25, -0.2) is 8.78 Å². The number of halogens is 2. The maximum atomic E-state index is 14.7. The zero-order valence-electron chi connectivity index (χ0n) is 19.7. The second kappa shape index (κ2) is 9.62. The average molecular weight is 471 g/mol. The lowest BCUT2D eigenvalue weighted by Gasteiger charge is -2.48. The zero-order chi connectivity index (χ0) is 23.7. The van der Waals surface area contributed by atoms with Crippen LogP contribution >= 0.6 is 0 Å². The molecule has 34 heavy (non-hydrogen) atoms. The summed E-state index contributed by atoms with van der Waals surface area (Å²) >= 11 is 0. The molecule has 0 bridgehead atoms. The fourth-order valence-corrected chi connectivity index (χ4v) is 5.41. The monoisotopic (exact) mass is 470 g/mol. The van der Waals surface area contributed by atoms with Crippen LogP contribution in [0.3, 0.4) is 0 Å². The summed E-state index contributed by atoms with van der Waals surface area (Å²) in [7, 11) is 1.49. The molecule has 2 aliphatic heterocycles. The number of rotatable bonds is 6. The number of piperidine rings is 1. The van der Waals surface area contributed by atoms with E-state index in [-0.39, 0.29) is 18.8 Å². The highest BCUT2D eigenvalue weighted by atomic mass is 19.1. The summed E-state index contributed by atoms with van der Waals surface area (Å²) in [4.78, 5) is 14.8. The van der Waals surface area contributed by atoms with Crippen LogP contribution in [0.15, 0.2) is 30.3 Å². The molecule has 182 valence electrons. The third-order valence-electron chi connectivity index (χ3n) is 7.73. The molecule has 7 heteroatoms. The van der Waals surface area contributed by atoms with Gasteiger partial charge in [0.15, 0.2) is 0 Å². The summed E-state index contributed by atoms with van der Waals surface area (Å²) in [5.74, 6) is -1.67. The smallest absolute Gasteiger partial charge is 0.257 e. The molecule has 1 spiro atoms. The fourth-order valence-electron chi connectivity index (χ4n) is 5.41. The number of ether oxygens (including phenoxy) is 2. The van der Waals surface area contributed by atoms with Crippen LogP contribution in [0.1, 0.15) is 54.4 Å². The van der Waals surface area contributed by atoms with Gasteiger partial charge in [-0.15, -0.1) is 0 Å². The van der Waals surface area contributed by atoms with Crippen molar-refractivity contribution >= 4 is 5.91 Å². The molecule has 2 heterocycles. The van der Waals surface area contributed by atoms with Crippen molar-refractivity contribution in [3.63, 3.8) is 0 Å². The van der Waals surface area contributed by atoms with E-state index in [1.807, 2.05) is 18.2 Å². The standard InChI is InChI=1S/C27H32F2N2O3/c1-33-14-11-30-26(32)25-22(28)16-20(17-23(25)29)18-5-6-24-19(15-18)7-8-27(34-24)9-12-31(13-10-27)21-3-2-4-21/h5-6,15-17,21H,2-4,7-14H2,1H3,(H,30,32). The number of fused-ring (bicyclic) bond motifs is 1. The lowest BCUT2D eigenvalue weighted by Crippen LogP contribution is -2.53. The van der Waals surface area contributed by atoms with Gasteiger partial charge < -0.3 is 19.7 Å². The van der Waals surface area contributed by atoms with E-state index >= 15 is 0 Å². The van der Waals surface area contributed by atoms with Crippen LogP contribution in [0.25, 0.3) is 11.1 Å². The summed E-state index contributed by atoms with van der Waals surface area (Å²) in [6, 6.07) is 8.94. The highest BCUT2D eigenvalue weighted by Gasteiger charge is 2.41. The molecule has 0 unspecified atom stereocenters. The number of methoxy groups -OCH3 is 1. The van der Waals surface area contributed by atoms with Crippen LogP contribution in [0.4, 0.5) is 8.78 Å². The molecule has 5 nitrogen and oxygen atoms in total. The maximum absolute atomic E-state index is 14.7. The fraction of sp³-hybridized carbons (Fsp3) is 0.519. The molecule has 1 aliphatic carbocycles. The molecule has 3 aliphatic rings. The Morgan fingerprint density at radius 1 is 1.12 bits per heavy atom. The van der Waals surface area contributed by atoms with E-state index in [9.17, 15) is 13.6 Å². The number of carbonyl (C=O) groups excluding carboxylic acids is 1. The lowest BCUT2D eigenvalue weighted by atomic mass is 9.81. The molecule has 0 atom stereocenters. The largest absolute Gasteiger partial charge is 0.487 e. The van der Waals surface area contributed by atoms with E-state index in [2.05, 4.69) is 10.2 Å². The van der Waals surface area contributed by atoms with Crippen molar-refractivity contribution in [2.45, 2.75) is 56.6 Å². The van der Waals surface area contributed by atoms with Gasteiger partial charge in [0.1, 0.15) is 28.5 Å². The number of nitrogens with one attached hydrogen (secondary N) is 1. The summed E-state index contributed by atoms with van der Waals surface area (Å²) in [6.07, 6.45) is 7.98. The van der Waals surface area contributed by atoms with Gasteiger partial charge in [0.2, 0.25) is 0 Å². The predicted octanol–water partition coefficient (Wildman–Crippen LogP) is 4.72. The van der Waals surface area contributed by atoms with Crippen molar-refractivity contribution in [1.29, 1.82) is 0 Å². The molecule has 2 aromatic carbocycles. The first-order valence-corrected chi connectivity index (χ1v) is 12.3. The number of carbonyl (C=O) groups is 1. The Hall–Kier alpha value is -2.51. The van der Waals surface area contributed by atoms with Gasteiger partial charge in [-0.1, -0.05) is 12.5 Å². The minimum atomic E-state index is -0.879. The lowest BCUT2D eigenvalue weighted by molar-refractivity contribution is -0.0336. The van der Waals surface area contributed by atoms with Gasteiger partial charge in [-0.3, -0.25) is 4.79 Å². The quantitative estimate of drug-likeness (QED) is 0.621. The van der Waals surface area contributed by atoms with Crippen molar-refractivity contribution in [3.8, 4) is 16.9 Å². The number of aryl methyl sites for hydroxylation is 1. The van der Waals surface area contributed by atoms with Gasteiger partial charge in [0.05, 0.1) is 6.61 Å². The second-order valence-electron chi connectivity index (χ2n) is 9.79. The van der Waals surface area contributed by atoms with Crippen LogP contribution in [-0.4, -0.2) is 55.8 Å². The number of nitrogens with zero attached hydrogens (tertiary/aromatic N) is 1. The van der Waals surface area contributed by atoms with E-state index in [0.29, 0.717) is 11.1 Å². The maximum Gasteiger partial charge on any atom is 0.257 e. The van der Waals surface area contributed by atoms with Crippen molar-refractivity contribution in [3.05, 3.63) is 53.1 Å². The van der Waals surface area contributed by atoms with Crippen molar-refractivity contribution in [1.82, 2.24) is 10.2 Å². The molecule has 2 fully saturated rings. The van der Waals surface area contributed by atoms with Crippen LogP contribution in [0.2, 0.25) is 0 Å². The van der Waals surface area contributed by atoms with Crippen molar-refractivity contribution < 1.29 is 23.0 Å². The van der Waals surface area contributed by atoms with E-state index in [1.165, 1.54) is 38.5 Å². The first-order chi connectivity index (χ1) is 16.5. The number of benzene rings is 2. The van der Waals surface area contributed by atoms with Crippen molar-refractivity contribution in [2.75, 3.05) is 33.4 Å². The average Bonchev–Trinajstić information content (AvgIpc) is 2.79. The minimum absolute atomic E-state index is 0.0925. The third kappa shape index (κ3) is 4.56. The minimum Gasteiger partial charge on any atom is -0.487 e. The Morgan fingerprint density at radius 2 is 1.85 bits per heavy atom. The van der Waals surface area contributed by atoms with Crippen LogP contribution in [0, 0.1) is 11.6 Å². The molecule has 1 saturated heterocycles. The van der Waals surface area contributed by atoms with Gasteiger partial charge >= 0.3 is 0 Å². The van der Waals surface area contributed by atoms with Crippen LogP contribution in [0.5, 0.6) is 5.75 Å². The summed E-state index contributed by atoms with van der Waals surface area (Å²) in [6.45, 7) is 2.65. The van der Waals surface area contributed by atoms with E-state index in [4.69, 9.17) is 9.47 Å². The molecule has 2 aromatic rings. The molecule has 0 aromatic heterocycles. The van der Waals surface area contributed by atoms with E-state index < -0.39 is 23.1 Å². The highest BCUT2D eigenvalue weighted by molar-refractivity contribution is 5.95. The van der Waals surface area contributed by atoms with Gasteiger partial charge in [-0.05, 0) is 79.5 Å². The second-order valence-corrected chi connectivity index (χ2v) is 9.79. The molecule has 1 amide bonds. The summed E-state index contributed by atoms with van der Waals surface area (Å²) in [5.41, 5.74) is 1.51.